The van der Waals surface area contributed by atoms with Crippen LogP contribution >= 0.6 is 69.3 Å². The molecule has 57 heavy (non-hydrogen) atoms. The van der Waals surface area contributed by atoms with Gasteiger partial charge in [-0.05, 0) is 74.3 Å². The summed E-state index contributed by atoms with van der Waals surface area (Å²) in [6, 6.07) is 24.0. The van der Waals surface area contributed by atoms with Gasteiger partial charge >= 0.3 is 0 Å². The number of carbonyl (C=O) groups is 6. The van der Waals surface area contributed by atoms with Gasteiger partial charge in [-0.15, -0.1) is 0 Å². The molecule has 3 aromatic carbocycles. The van der Waals surface area contributed by atoms with Gasteiger partial charge in [0.15, 0.2) is 17.3 Å². The minimum absolute atomic E-state index is 0. The minimum atomic E-state index is 0. The third-order valence-electron chi connectivity index (χ3n) is 7.06. The van der Waals surface area contributed by atoms with Crippen LogP contribution in [0.2, 0.25) is 0 Å². The van der Waals surface area contributed by atoms with E-state index in [1.165, 1.54) is 35.3 Å². The van der Waals surface area contributed by atoms with E-state index in [9.17, 15) is 28.8 Å². The molecule has 306 valence electrons. The van der Waals surface area contributed by atoms with Crippen molar-refractivity contribution < 1.29 is 114 Å². The van der Waals surface area contributed by atoms with Crippen molar-refractivity contribution >= 4 is 135 Å². The van der Waals surface area contributed by atoms with Crippen molar-refractivity contribution in [1.29, 1.82) is 0 Å². The summed E-state index contributed by atoms with van der Waals surface area (Å²) < 4.78 is 12.5. The van der Waals surface area contributed by atoms with E-state index in [1.807, 2.05) is 86.5 Å². The van der Waals surface area contributed by atoms with E-state index in [-0.39, 0.29) is 107 Å². The number of benzene rings is 3. The van der Waals surface area contributed by atoms with E-state index in [0.717, 1.165) is 43.7 Å². The zero-order valence-corrected chi connectivity index (χ0v) is 43.4. The number of para-hydroxylation sites is 3. The molecule has 0 amide bonds. The lowest BCUT2D eigenvalue weighted by Crippen LogP contribution is -3.00. The van der Waals surface area contributed by atoms with Gasteiger partial charge < -0.3 is 71.9 Å². The molecule has 3 aromatic heterocycles. The summed E-state index contributed by atoms with van der Waals surface area (Å²) in [5.41, 5.74) is 3.18. The highest BCUT2D eigenvalue weighted by atomic mass is 127. The van der Waals surface area contributed by atoms with Gasteiger partial charge in [0, 0.05) is 39.0 Å². The molecule has 0 saturated carbocycles. The number of thioether (sulfide) groups is 3. The van der Waals surface area contributed by atoms with Crippen LogP contribution in [0.3, 0.4) is 0 Å². The third-order valence-corrected chi connectivity index (χ3v) is 14.8. The Kier molecular flexibility index (Phi) is 25.1. The van der Waals surface area contributed by atoms with Gasteiger partial charge in [0.1, 0.15) is 31.4 Å². The lowest BCUT2D eigenvalue weighted by molar-refractivity contribution is -0.689. The predicted molar refractivity (Wildman–Crippen MR) is 222 cm³/mol. The van der Waals surface area contributed by atoms with Crippen molar-refractivity contribution in [2.45, 2.75) is 74.2 Å². The predicted octanol–water partition coefficient (Wildman–Crippen LogP) is -1.61. The molecule has 0 bridgehead atoms. The summed E-state index contributed by atoms with van der Waals surface area (Å²) >= 11 is 9.40. The van der Waals surface area contributed by atoms with Gasteiger partial charge in [0.05, 0.1) is 17.3 Å². The molecule has 0 spiro atoms. The Hall–Kier alpha value is -1.41. The van der Waals surface area contributed by atoms with Crippen molar-refractivity contribution in [2.24, 2.45) is 0 Å². The zero-order valence-electron chi connectivity index (χ0n) is 32.0. The fourth-order valence-electron chi connectivity index (χ4n) is 4.97. The third kappa shape index (κ3) is 16.9. The first-order chi connectivity index (χ1) is 25.7. The van der Waals surface area contributed by atoms with E-state index in [0.29, 0.717) is 36.9 Å². The number of rotatable bonds is 15. The largest absolute Gasteiger partial charge is 1.00 e. The molecule has 0 N–H and O–H groups in total. The summed E-state index contributed by atoms with van der Waals surface area (Å²) in [6.45, 7) is 10.6. The van der Waals surface area contributed by atoms with E-state index in [2.05, 4.69) is 0 Å². The second kappa shape index (κ2) is 26.7. The number of nitrogens with zero attached hydrogens (tertiary/aromatic N) is 3. The number of Topliss-reactive ketones (excluding diaryl/α,β-unsaturated/α-hetero) is 6. The number of halogens is 3. The Bertz CT molecular complexity index is 2090. The number of carbonyl (C=O) groups excluding carboxylic acids is 6. The van der Waals surface area contributed by atoms with Gasteiger partial charge in [-0.3, -0.25) is 28.8 Å². The Morgan fingerprint density at radius 2 is 0.632 bits per heavy atom. The maximum absolute atomic E-state index is 11.4. The molecule has 0 atom stereocenters. The van der Waals surface area contributed by atoms with Crippen LogP contribution in [0.1, 0.15) is 41.5 Å². The fourth-order valence-corrected chi connectivity index (χ4v) is 11.6. The number of ketones is 6. The number of fused-ring (bicyclic) bond motifs is 3. The van der Waals surface area contributed by atoms with E-state index in [4.69, 9.17) is 0 Å². The van der Waals surface area contributed by atoms with E-state index >= 15 is 0 Å². The van der Waals surface area contributed by atoms with Crippen LogP contribution in [0.15, 0.2) is 85.8 Å². The van der Waals surface area contributed by atoms with Gasteiger partial charge in [-0.2, -0.15) is 13.7 Å². The van der Waals surface area contributed by atoms with E-state index < -0.39 is 0 Å². The Morgan fingerprint density at radius 3 is 0.842 bits per heavy atom. The average molecular weight is 1220 g/mol. The molecule has 0 radical (unpaired) electrons. The van der Waals surface area contributed by atoms with Crippen molar-refractivity contribution in [3.05, 3.63) is 72.8 Å². The summed E-state index contributed by atoms with van der Waals surface area (Å²) in [6.07, 6.45) is 0. The van der Waals surface area contributed by atoms with E-state index in [1.54, 1.807) is 75.6 Å². The lowest BCUT2D eigenvalue weighted by atomic mass is 10.3. The molecule has 0 aliphatic rings. The zero-order chi connectivity index (χ0) is 39.4. The minimum Gasteiger partial charge on any atom is -1.00 e. The van der Waals surface area contributed by atoms with Crippen molar-refractivity contribution in [3.63, 3.8) is 0 Å². The molecule has 0 aliphatic carbocycles. The van der Waals surface area contributed by atoms with Gasteiger partial charge in [-0.25, -0.2) is 0 Å². The number of thiazole rings is 3. The number of hydrogen-bond acceptors (Lipinski definition) is 12. The van der Waals surface area contributed by atoms with Crippen LogP contribution in [0.25, 0.3) is 30.6 Å². The molecular formula is C39H42I3N3O6S6. The molecule has 0 aliphatic heterocycles. The first-order valence-corrected chi connectivity index (χ1v) is 22.2. The van der Waals surface area contributed by atoms with Gasteiger partial charge in [-0.1, -0.05) is 70.4 Å². The standard InChI is InChI=1S/3C13H14NO2S2.3HI/c3*1-9(15)7-14-11-5-3-4-6-12(11)18-13(14)17-8-10(2)16;;;/h3*3-6H,7-8H2,1-2H3;3*1H/q3*+1;;;/p-3. The summed E-state index contributed by atoms with van der Waals surface area (Å²) in [4.78, 5) is 67.3. The molecule has 6 aromatic rings. The monoisotopic (exact) mass is 1220 g/mol. The van der Waals surface area contributed by atoms with Crippen molar-refractivity contribution in [3.8, 4) is 0 Å². The van der Waals surface area contributed by atoms with Crippen LogP contribution in [-0.2, 0) is 48.4 Å². The van der Waals surface area contributed by atoms with Crippen LogP contribution in [0.5, 0.6) is 0 Å². The van der Waals surface area contributed by atoms with Crippen molar-refractivity contribution in [1.82, 2.24) is 0 Å². The van der Waals surface area contributed by atoms with Gasteiger partial charge in [0.25, 0.3) is 13.0 Å². The Balaban J connectivity index is 0.000000417. The highest BCUT2D eigenvalue weighted by Gasteiger charge is 2.24. The highest BCUT2D eigenvalue weighted by molar-refractivity contribution is 8.02. The lowest BCUT2D eigenvalue weighted by Gasteiger charge is -1.95. The molecule has 0 unspecified atom stereocenters. The first kappa shape index (κ1) is 53.6. The summed E-state index contributed by atoms with van der Waals surface area (Å²) in [5, 5.41) is 0. The Morgan fingerprint density at radius 1 is 0.404 bits per heavy atom. The summed E-state index contributed by atoms with van der Waals surface area (Å²) in [5.74, 6) is 2.14. The van der Waals surface area contributed by atoms with Crippen LogP contribution < -0.4 is 85.6 Å². The number of hydrogen-bond donors (Lipinski definition) is 0. The molecule has 6 rings (SSSR count). The van der Waals surface area contributed by atoms with Crippen LogP contribution in [-0.4, -0.2) is 52.0 Å². The molecule has 0 fully saturated rings. The molecule has 18 heteroatoms. The normalized spacial score (nSPS) is 10.2. The topological polar surface area (TPSA) is 114 Å². The van der Waals surface area contributed by atoms with Crippen LogP contribution in [0.4, 0.5) is 0 Å². The quantitative estimate of drug-likeness (QED) is 0.0682. The smallest absolute Gasteiger partial charge is 0.299 e. The second-order valence-electron chi connectivity index (χ2n) is 12.3. The first-order valence-electron chi connectivity index (χ1n) is 16.8. The maximum Gasteiger partial charge on any atom is 0.299 e. The fraction of sp³-hybridized carbons (Fsp3) is 0.308. The maximum atomic E-state index is 11.4. The number of aromatic nitrogens is 3. The SMILES string of the molecule is CC(=O)CSc1sc2ccccc2[n+]1CC(C)=O.CC(=O)CSc1sc2ccccc2[n+]1CC(C)=O.CC(=O)CSc1sc2ccccc2[n+]1CC(C)=O.[I-].[I-].[I-]. The molecule has 3 heterocycles. The Labute approximate surface area is 408 Å². The molecule has 9 nitrogen and oxygen atoms in total. The van der Waals surface area contributed by atoms with Gasteiger partial charge in [0.2, 0.25) is 36.2 Å². The molecule has 0 saturated heterocycles. The van der Waals surface area contributed by atoms with Crippen LogP contribution in [0, 0.1) is 0 Å². The molecular weight excluding hydrogens is 1180 g/mol. The van der Waals surface area contributed by atoms with Crippen molar-refractivity contribution in [2.75, 3.05) is 17.3 Å². The summed E-state index contributed by atoms with van der Waals surface area (Å²) in [7, 11) is 0. The highest BCUT2D eigenvalue weighted by Crippen LogP contribution is 2.30. The second-order valence-corrected chi connectivity index (χ2v) is 19.1. The average Bonchev–Trinajstić information content (AvgIpc) is 3.76.